The van der Waals surface area contributed by atoms with Crippen molar-refractivity contribution in [2.75, 3.05) is 13.2 Å². The second kappa shape index (κ2) is 6.58. The minimum atomic E-state index is -0.358. The van der Waals surface area contributed by atoms with Crippen LogP contribution in [-0.2, 0) is 20.8 Å². The van der Waals surface area contributed by atoms with Crippen molar-refractivity contribution in [2.24, 2.45) is 0 Å². The number of aromatic nitrogens is 2. The van der Waals surface area contributed by atoms with Crippen LogP contribution < -0.4 is 5.32 Å². The normalized spacial score (nSPS) is 24.3. The third-order valence-corrected chi connectivity index (χ3v) is 4.18. The number of nitrogens with one attached hydrogen (secondary N) is 1. The minimum absolute atomic E-state index is 0.0169. The summed E-state index contributed by atoms with van der Waals surface area (Å²) in [6, 6.07) is 1.85. The predicted octanol–water partition coefficient (Wildman–Crippen LogP) is 1.47. The van der Waals surface area contributed by atoms with E-state index in [1.807, 2.05) is 12.3 Å². The smallest absolute Gasteiger partial charge is 0.221 e. The number of nitrogens with zero attached hydrogens (tertiary/aromatic N) is 2. The Morgan fingerprint density at radius 1 is 1.38 bits per heavy atom. The van der Waals surface area contributed by atoms with Gasteiger partial charge in [0.2, 0.25) is 5.91 Å². The number of carbonyl (C=O) groups excluding carboxylic acids is 1. The van der Waals surface area contributed by atoms with Crippen molar-refractivity contribution in [2.45, 2.75) is 57.0 Å². The summed E-state index contributed by atoms with van der Waals surface area (Å²) < 4.78 is 13.6. The summed E-state index contributed by atoms with van der Waals surface area (Å²) in [5.74, 6) is -0.332. The van der Waals surface area contributed by atoms with E-state index in [0.29, 0.717) is 26.1 Å². The molecule has 1 saturated carbocycles. The Kier molecular flexibility index (Phi) is 4.55. The summed E-state index contributed by atoms with van der Waals surface area (Å²) in [5, 5.41) is 7.00. The average Bonchev–Trinajstić information content (AvgIpc) is 3.14. The Labute approximate surface area is 124 Å². The highest BCUT2D eigenvalue weighted by molar-refractivity contribution is 5.75. The first-order valence-corrected chi connectivity index (χ1v) is 7.82. The van der Waals surface area contributed by atoms with Gasteiger partial charge in [-0.2, -0.15) is 5.10 Å². The molecule has 2 fully saturated rings. The molecule has 6 heteroatoms. The Morgan fingerprint density at radius 3 is 3.00 bits per heavy atom. The summed E-state index contributed by atoms with van der Waals surface area (Å²) in [4.78, 5) is 11.8. The molecule has 3 rings (SSSR count). The standard InChI is InChI=1S/C15H23N3O3/c19-14(5-10-18-9-4-8-17-18)16-11-13-12-20-15(21-13)6-2-1-3-7-15/h4,8-9,13H,1-3,5-7,10-12H2,(H,16,19)/t13-/m0/s1. The Hall–Kier alpha value is -1.40. The summed E-state index contributed by atoms with van der Waals surface area (Å²) in [6.45, 7) is 1.71. The van der Waals surface area contributed by atoms with Gasteiger partial charge in [0.05, 0.1) is 6.61 Å². The fourth-order valence-electron chi connectivity index (χ4n) is 3.03. The summed E-state index contributed by atoms with van der Waals surface area (Å²) in [7, 11) is 0. The Balaban J connectivity index is 1.36. The van der Waals surface area contributed by atoms with Gasteiger partial charge in [-0.1, -0.05) is 6.42 Å². The first-order chi connectivity index (χ1) is 10.3. The van der Waals surface area contributed by atoms with E-state index >= 15 is 0 Å². The van der Waals surface area contributed by atoms with Crippen LogP contribution >= 0.6 is 0 Å². The van der Waals surface area contributed by atoms with Crippen molar-refractivity contribution in [3.63, 3.8) is 0 Å². The van der Waals surface area contributed by atoms with Crippen molar-refractivity contribution in [1.29, 1.82) is 0 Å². The first kappa shape index (κ1) is 14.5. The van der Waals surface area contributed by atoms with E-state index in [4.69, 9.17) is 9.47 Å². The maximum absolute atomic E-state index is 11.8. The number of rotatable bonds is 5. The van der Waals surface area contributed by atoms with Crippen LogP contribution in [0.1, 0.15) is 38.5 Å². The molecule has 0 unspecified atom stereocenters. The zero-order chi connectivity index (χ0) is 14.5. The molecule has 116 valence electrons. The largest absolute Gasteiger partial charge is 0.353 e. The molecule has 1 aromatic heterocycles. The van der Waals surface area contributed by atoms with E-state index in [1.54, 1.807) is 10.9 Å². The van der Waals surface area contributed by atoms with Crippen molar-refractivity contribution >= 4 is 5.91 Å². The molecule has 1 saturated heterocycles. The lowest BCUT2D eigenvalue weighted by atomic mass is 9.94. The molecule has 21 heavy (non-hydrogen) atoms. The quantitative estimate of drug-likeness (QED) is 0.892. The fourth-order valence-corrected chi connectivity index (χ4v) is 3.03. The molecule has 0 bridgehead atoms. The molecule has 2 aliphatic rings. The molecule has 1 aromatic rings. The molecule has 0 radical (unpaired) electrons. The maximum atomic E-state index is 11.8. The number of ether oxygens (including phenoxy) is 2. The highest BCUT2D eigenvalue weighted by atomic mass is 16.7. The van der Waals surface area contributed by atoms with Gasteiger partial charge in [-0.25, -0.2) is 0 Å². The SMILES string of the molecule is O=C(CCn1cccn1)NC[C@H]1COC2(CCCCC2)O1. The zero-order valence-electron chi connectivity index (χ0n) is 12.3. The van der Waals surface area contributed by atoms with Crippen LogP contribution in [0.3, 0.4) is 0 Å². The molecular formula is C15H23N3O3. The van der Waals surface area contributed by atoms with Crippen LogP contribution in [0, 0.1) is 0 Å². The van der Waals surface area contributed by atoms with E-state index in [9.17, 15) is 4.79 Å². The van der Waals surface area contributed by atoms with Gasteiger partial charge in [0.1, 0.15) is 6.10 Å². The van der Waals surface area contributed by atoms with E-state index in [1.165, 1.54) is 19.3 Å². The van der Waals surface area contributed by atoms with Gasteiger partial charge >= 0.3 is 0 Å². The van der Waals surface area contributed by atoms with Crippen molar-refractivity contribution < 1.29 is 14.3 Å². The van der Waals surface area contributed by atoms with E-state index < -0.39 is 0 Å². The Morgan fingerprint density at radius 2 is 2.24 bits per heavy atom. The molecule has 1 amide bonds. The van der Waals surface area contributed by atoms with E-state index in [0.717, 1.165) is 12.8 Å². The van der Waals surface area contributed by atoms with Gasteiger partial charge in [0, 0.05) is 44.7 Å². The van der Waals surface area contributed by atoms with E-state index in [2.05, 4.69) is 10.4 Å². The highest BCUT2D eigenvalue weighted by Crippen LogP contribution is 2.37. The van der Waals surface area contributed by atoms with Crippen molar-refractivity contribution in [1.82, 2.24) is 15.1 Å². The predicted molar refractivity (Wildman–Crippen MR) is 76.5 cm³/mol. The van der Waals surface area contributed by atoms with Crippen LogP contribution in [0.4, 0.5) is 0 Å². The van der Waals surface area contributed by atoms with Crippen LogP contribution in [-0.4, -0.2) is 40.7 Å². The molecule has 0 aromatic carbocycles. The molecule has 1 aliphatic carbocycles. The van der Waals surface area contributed by atoms with Crippen molar-refractivity contribution in [3.8, 4) is 0 Å². The minimum Gasteiger partial charge on any atom is -0.353 e. The number of amides is 1. The lowest BCUT2D eigenvalue weighted by Crippen LogP contribution is -2.37. The zero-order valence-corrected chi connectivity index (χ0v) is 12.3. The number of hydrogen-bond acceptors (Lipinski definition) is 4. The van der Waals surface area contributed by atoms with Gasteiger partial charge in [0.25, 0.3) is 0 Å². The number of carbonyl (C=O) groups is 1. The van der Waals surface area contributed by atoms with Crippen LogP contribution in [0.25, 0.3) is 0 Å². The molecule has 1 atom stereocenters. The summed E-state index contributed by atoms with van der Waals surface area (Å²) in [6.07, 6.45) is 9.55. The maximum Gasteiger partial charge on any atom is 0.221 e. The van der Waals surface area contributed by atoms with Crippen LogP contribution in [0.15, 0.2) is 18.5 Å². The monoisotopic (exact) mass is 293 g/mol. The Bertz CT molecular complexity index is 455. The van der Waals surface area contributed by atoms with Gasteiger partial charge in [-0.05, 0) is 18.9 Å². The second-order valence-corrected chi connectivity index (χ2v) is 5.85. The number of aryl methyl sites for hydroxylation is 1. The molecule has 6 nitrogen and oxygen atoms in total. The third kappa shape index (κ3) is 3.83. The number of hydrogen-bond donors (Lipinski definition) is 1. The van der Waals surface area contributed by atoms with Crippen LogP contribution in [0.2, 0.25) is 0 Å². The molecule has 2 heterocycles. The lowest BCUT2D eigenvalue weighted by molar-refractivity contribution is -0.186. The van der Waals surface area contributed by atoms with Crippen LogP contribution in [0.5, 0.6) is 0 Å². The van der Waals surface area contributed by atoms with E-state index in [-0.39, 0.29) is 17.8 Å². The summed E-state index contributed by atoms with van der Waals surface area (Å²) >= 11 is 0. The van der Waals surface area contributed by atoms with Gasteiger partial charge in [0.15, 0.2) is 5.79 Å². The lowest BCUT2D eigenvalue weighted by Gasteiger charge is -2.31. The average molecular weight is 293 g/mol. The first-order valence-electron chi connectivity index (χ1n) is 7.82. The third-order valence-electron chi connectivity index (χ3n) is 4.18. The molecular weight excluding hydrogens is 270 g/mol. The summed E-state index contributed by atoms with van der Waals surface area (Å²) in [5.41, 5.74) is 0. The topological polar surface area (TPSA) is 65.4 Å². The molecule has 1 aliphatic heterocycles. The highest BCUT2D eigenvalue weighted by Gasteiger charge is 2.42. The molecule has 1 N–H and O–H groups in total. The molecule has 1 spiro atoms. The fraction of sp³-hybridized carbons (Fsp3) is 0.733. The van der Waals surface area contributed by atoms with Gasteiger partial charge in [-0.3, -0.25) is 9.48 Å². The van der Waals surface area contributed by atoms with Gasteiger partial charge < -0.3 is 14.8 Å². The van der Waals surface area contributed by atoms with Gasteiger partial charge in [-0.15, -0.1) is 0 Å². The van der Waals surface area contributed by atoms with Crippen molar-refractivity contribution in [3.05, 3.63) is 18.5 Å². The second-order valence-electron chi connectivity index (χ2n) is 5.85.